The van der Waals surface area contributed by atoms with Gasteiger partial charge in [-0.3, -0.25) is 0 Å². The van der Waals surface area contributed by atoms with Gasteiger partial charge in [0.1, 0.15) is 11.6 Å². The summed E-state index contributed by atoms with van der Waals surface area (Å²) < 4.78 is 28.3. The third-order valence-electron chi connectivity index (χ3n) is 4.87. The van der Waals surface area contributed by atoms with E-state index in [9.17, 15) is 13.6 Å². The number of nitrogens with one attached hydrogen (secondary N) is 1. The highest BCUT2D eigenvalue weighted by molar-refractivity contribution is 5.89. The van der Waals surface area contributed by atoms with Gasteiger partial charge in [-0.15, -0.1) is 10.2 Å². The first kappa shape index (κ1) is 19.7. The largest absolute Gasteiger partial charge is 0.352 e. The summed E-state index contributed by atoms with van der Waals surface area (Å²) in [6.07, 6.45) is 0. The molecule has 1 aliphatic rings. The molecule has 4 rings (SSSR count). The van der Waals surface area contributed by atoms with Gasteiger partial charge in [-0.05, 0) is 44.2 Å². The van der Waals surface area contributed by atoms with E-state index < -0.39 is 17.7 Å². The van der Waals surface area contributed by atoms with E-state index in [2.05, 4.69) is 20.6 Å². The quantitative estimate of drug-likeness (QED) is 0.714. The Hall–Kier alpha value is -3.56. The number of hydrogen-bond acceptors (Lipinski definition) is 5. The maximum Gasteiger partial charge on any atom is 0.321 e. The van der Waals surface area contributed by atoms with E-state index in [4.69, 9.17) is 0 Å². The van der Waals surface area contributed by atoms with Crippen LogP contribution in [-0.4, -0.2) is 57.1 Å². The maximum absolute atomic E-state index is 13.3. The highest BCUT2D eigenvalue weighted by atomic mass is 19.1. The van der Waals surface area contributed by atoms with Gasteiger partial charge in [0.2, 0.25) is 0 Å². The first-order chi connectivity index (χ1) is 14.4. The van der Waals surface area contributed by atoms with Crippen LogP contribution < -0.4 is 10.2 Å². The molecular weight excluding hydrogens is 392 g/mol. The van der Waals surface area contributed by atoms with Crippen LogP contribution in [0.4, 0.5) is 25.1 Å². The second-order valence-corrected chi connectivity index (χ2v) is 7.15. The molecule has 0 spiro atoms. The highest BCUT2D eigenvalue weighted by Crippen LogP contribution is 2.17. The third-order valence-corrected chi connectivity index (χ3v) is 4.87. The Balaban J connectivity index is 1.36. The fourth-order valence-electron chi connectivity index (χ4n) is 3.43. The van der Waals surface area contributed by atoms with E-state index >= 15 is 0 Å². The molecule has 1 aliphatic heterocycles. The minimum Gasteiger partial charge on any atom is -0.352 e. The van der Waals surface area contributed by atoms with Crippen molar-refractivity contribution in [1.82, 2.24) is 24.9 Å². The Morgan fingerprint density at radius 3 is 2.13 bits per heavy atom. The third kappa shape index (κ3) is 4.22. The van der Waals surface area contributed by atoms with Gasteiger partial charge in [-0.2, -0.15) is 5.10 Å². The number of anilines is 2. The van der Waals surface area contributed by atoms with Crippen molar-refractivity contribution in [3.8, 4) is 5.82 Å². The van der Waals surface area contributed by atoms with Crippen molar-refractivity contribution < 1.29 is 13.6 Å². The second kappa shape index (κ2) is 8.05. The van der Waals surface area contributed by atoms with Gasteiger partial charge >= 0.3 is 6.03 Å². The summed E-state index contributed by atoms with van der Waals surface area (Å²) in [5.41, 5.74) is 1.98. The minimum atomic E-state index is -0.738. The van der Waals surface area contributed by atoms with E-state index in [1.807, 2.05) is 36.9 Å². The van der Waals surface area contributed by atoms with Gasteiger partial charge in [-0.1, -0.05) is 0 Å². The first-order valence-corrected chi connectivity index (χ1v) is 9.53. The molecule has 3 heterocycles. The number of aromatic nitrogens is 4. The van der Waals surface area contributed by atoms with Crippen molar-refractivity contribution in [2.45, 2.75) is 13.8 Å². The van der Waals surface area contributed by atoms with E-state index in [-0.39, 0.29) is 5.69 Å². The molecule has 3 aromatic rings. The van der Waals surface area contributed by atoms with Crippen LogP contribution in [0.2, 0.25) is 0 Å². The number of urea groups is 1. The molecule has 2 amide bonds. The summed E-state index contributed by atoms with van der Waals surface area (Å²) in [5, 5.41) is 15.5. The molecule has 2 aromatic heterocycles. The Bertz CT molecular complexity index is 1040. The topological polar surface area (TPSA) is 79.2 Å². The fourth-order valence-corrected chi connectivity index (χ4v) is 3.43. The number of carbonyl (C=O) groups excluding carboxylic acids is 1. The van der Waals surface area contributed by atoms with Crippen LogP contribution in [0.3, 0.4) is 0 Å². The number of rotatable bonds is 3. The summed E-state index contributed by atoms with van der Waals surface area (Å²) in [7, 11) is 0. The van der Waals surface area contributed by atoms with Crippen LogP contribution >= 0.6 is 0 Å². The molecule has 10 heteroatoms. The Labute approximate surface area is 172 Å². The molecule has 0 saturated carbocycles. The molecule has 1 N–H and O–H groups in total. The van der Waals surface area contributed by atoms with Gasteiger partial charge in [-0.25, -0.2) is 18.3 Å². The smallest absolute Gasteiger partial charge is 0.321 e. The molecular formula is C20H21F2N7O. The lowest BCUT2D eigenvalue weighted by atomic mass is 10.3. The predicted octanol–water partition coefficient (Wildman–Crippen LogP) is 2.91. The predicted molar refractivity (Wildman–Crippen MR) is 108 cm³/mol. The zero-order valence-corrected chi connectivity index (χ0v) is 16.6. The van der Waals surface area contributed by atoms with Gasteiger partial charge in [0.25, 0.3) is 0 Å². The molecule has 156 valence electrons. The number of nitrogens with zero attached hydrogens (tertiary/aromatic N) is 6. The van der Waals surface area contributed by atoms with E-state index in [0.717, 1.165) is 29.6 Å². The van der Waals surface area contributed by atoms with E-state index in [1.165, 1.54) is 0 Å². The first-order valence-electron chi connectivity index (χ1n) is 9.53. The fraction of sp³-hybridized carbons (Fsp3) is 0.300. The molecule has 0 atom stereocenters. The lowest BCUT2D eigenvalue weighted by Crippen LogP contribution is -2.50. The van der Waals surface area contributed by atoms with Crippen LogP contribution in [0.15, 0.2) is 36.4 Å². The zero-order valence-electron chi connectivity index (χ0n) is 16.6. The Kier molecular flexibility index (Phi) is 5.30. The van der Waals surface area contributed by atoms with Crippen molar-refractivity contribution in [2.75, 3.05) is 36.4 Å². The van der Waals surface area contributed by atoms with E-state index in [1.54, 1.807) is 9.58 Å². The van der Waals surface area contributed by atoms with Crippen molar-refractivity contribution in [3.05, 3.63) is 59.4 Å². The lowest BCUT2D eigenvalue weighted by molar-refractivity contribution is 0.208. The summed E-state index contributed by atoms with van der Waals surface area (Å²) >= 11 is 0. The number of hydrogen-bond donors (Lipinski definition) is 1. The van der Waals surface area contributed by atoms with Gasteiger partial charge in [0.15, 0.2) is 11.6 Å². The zero-order chi connectivity index (χ0) is 21.3. The maximum atomic E-state index is 13.3. The van der Waals surface area contributed by atoms with Crippen LogP contribution in [-0.2, 0) is 0 Å². The highest BCUT2D eigenvalue weighted by Gasteiger charge is 2.22. The Morgan fingerprint density at radius 1 is 0.933 bits per heavy atom. The van der Waals surface area contributed by atoms with Crippen molar-refractivity contribution >= 4 is 17.5 Å². The lowest BCUT2D eigenvalue weighted by Gasteiger charge is -2.35. The number of aryl methyl sites for hydroxylation is 2. The minimum absolute atomic E-state index is 0.0885. The van der Waals surface area contributed by atoms with Crippen LogP contribution in [0.25, 0.3) is 5.82 Å². The molecule has 0 bridgehead atoms. The number of amides is 2. The molecule has 0 aliphatic carbocycles. The standard InChI is InChI=1S/C20H21F2N7O/c1-13-9-14(2)29(26-13)19-4-3-18(24-25-19)27-5-7-28(8-6-27)20(30)23-17-11-15(21)10-16(22)12-17/h3-4,9-12H,5-8H2,1-2H3,(H,23,30). The number of halogens is 2. The molecule has 1 fully saturated rings. The summed E-state index contributed by atoms with van der Waals surface area (Å²) in [6, 6.07) is 8.23. The van der Waals surface area contributed by atoms with Crippen molar-refractivity contribution in [1.29, 1.82) is 0 Å². The summed E-state index contributed by atoms with van der Waals surface area (Å²) in [6.45, 7) is 5.91. The molecule has 1 aromatic carbocycles. The second-order valence-electron chi connectivity index (χ2n) is 7.15. The average molecular weight is 413 g/mol. The van der Waals surface area contributed by atoms with Gasteiger partial charge in [0.05, 0.1) is 5.69 Å². The van der Waals surface area contributed by atoms with Crippen LogP contribution in [0.1, 0.15) is 11.4 Å². The van der Waals surface area contributed by atoms with Gasteiger partial charge < -0.3 is 15.1 Å². The summed E-state index contributed by atoms with van der Waals surface area (Å²) in [4.78, 5) is 16.0. The van der Waals surface area contributed by atoms with Crippen LogP contribution in [0, 0.1) is 25.5 Å². The molecule has 8 nitrogen and oxygen atoms in total. The SMILES string of the molecule is Cc1cc(C)n(-c2ccc(N3CCN(C(=O)Nc4cc(F)cc(F)c4)CC3)nn2)n1. The van der Waals surface area contributed by atoms with Crippen LogP contribution in [0.5, 0.6) is 0 Å². The summed E-state index contributed by atoms with van der Waals surface area (Å²) in [5.74, 6) is -0.118. The molecule has 0 unspecified atom stereocenters. The monoisotopic (exact) mass is 413 g/mol. The molecule has 1 saturated heterocycles. The van der Waals surface area contributed by atoms with E-state index in [0.29, 0.717) is 37.8 Å². The van der Waals surface area contributed by atoms with Gasteiger partial charge in [0, 0.05) is 43.6 Å². The molecule has 0 radical (unpaired) electrons. The Morgan fingerprint density at radius 2 is 1.57 bits per heavy atom. The van der Waals surface area contributed by atoms with Crippen molar-refractivity contribution in [2.24, 2.45) is 0 Å². The average Bonchev–Trinajstić information content (AvgIpc) is 3.05. The van der Waals surface area contributed by atoms with Crippen molar-refractivity contribution in [3.63, 3.8) is 0 Å². The number of piperazine rings is 1. The molecule has 30 heavy (non-hydrogen) atoms. The number of benzene rings is 1. The number of carbonyl (C=O) groups is 1. The normalized spacial score (nSPS) is 14.1.